The lowest BCUT2D eigenvalue weighted by Crippen LogP contribution is -2.27. The van der Waals surface area contributed by atoms with Crippen molar-refractivity contribution in [3.8, 4) is 11.3 Å². The average Bonchev–Trinajstić information content (AvgIpc) is 2.67. The third-order valence-corrected chi connectivity index (χ3v) is 4.48. The average molecular weight is 397 g/mol. The molecule has 0 bridgehead atoms. The van der Waals surface area contributed by atoms with Crippen LogP contribution in [0.5, 0.6) is 0 Å². The molecule has 0 fully saturated rings. The fraction of sp³-hybridized carbons (Fsp3) is 0.300. The maximum atomic E-state index is 12.6. The van der Waals surface area contributed by atoms with Crippen LogP contribution in [0, 0.1) is 0 Å². The minimum absolute atomic E-state index is 0.156. The second-order valence-electron chi connectivity index (χ2n) is 7.21. The topological polar surface area (TPSA) is 129 Å². The molecule has 4 N–H and O–H groups in total. The molecule has 29 heavy (non-hydrogen) atoms. The van der Waals surface area contributed by atoms with Gasteiger partial charge in [0, 0.05) is 25.7 Å². The first-order valence-corrected chi connectivity index (χ1v) is 9.07. The van der Waals surface area contributed by atoms with Crippen molar-refractivity contribution in [2.75, 3.05) is 18.4 Å². The van der Waals surface area contributed by atoms with Crippen molar-refractivity contribution >= 4 is 22.8 Å². The molecule has 2 heterocycles. The van der Waals surface area contributed by atoms with Crippen LogP contribution < -0.4 is 16.2 Å². The number of aromatic nitrogens is 3. The first kappa shape index (κ1) is 20.3. The van der Waals surface area contributed by atoms with E-state index in [1.807, 2.05) is 24.3 Å². The largest absolute Gasteiger partial charge is 0.465 e. The summed E-state index contributed by atoms with van der Waals surface area (Å²) in [6.45, 7) is 3.84. The lowest BCUT2D eigenvalue weighted by molar-refractivity contribution is 0.0786. The zero-order valence-electron chi connectivity index (χ0n) is 16.4. The first-order valence-electron chi connectivity index (χ1n) is 9.07. The Morgan fingerprint density at radius 3 is 2.52 bits per heavy atom. The van der Waals surface area contributed by atoms with E-state index >= 15 is 0 Å². The Bertz CT molecular complexity index is 1100. The van der Waals surface area contributed by atoms with E-state index in [9.17, 15) is 14.7 Å². The highest BCUT2D eigenvalue weighted by atomic mass is 16.4. The molecule has 9 nitrogen and oxygen atoms in total. The molecule has 0 radical (unpaired) electrons. The van der Waals surface area contributed by atoms with Gasteiger partial charge in [-0.15, -0.1) is 0 Å². The second-order valence-corrected chi connectivity index (χ2v) is 7.21. The Labute approximate surface area is 167 Å². The van der Waals surface area contributed by atoms with Crippen molar-refractivity contribution in [1.29, 1.82) is 0 Å². The van der Waals surface area contributed by atoms with Gasteiger partial charge in [0.1, 0.15) is 11.2 Å². The molecule has 3 rings (SSSR count). The van der Waals surface area contributed by atoms with Gasteiger partial charge in [-0.25, -0.2) is 14.8 Å². The third-order valence-electron chi connectivity index (χ3n) is 4.48. The number of pyridine rings is 1. The number of aryl methyl sites for hydroxylation is 1. The van der Waals surface area contributed by atoms with Gasteiger partial charge in [-0.3, -0.25) is 4.79 Å². The molecule has 0 saturated heterocycles. The molecule has 1 amide bonds. The summed E-state index contributed by atoms with van der Waals surface area (Å²) in [6.07, 6.45) is 0.324. The summed E-state index contributed by atoms with van der Waals surface area (Å²) in [6, 6.07) is 9.07. The Morgan fingerprint density at radius 1 is 1.21 bits per heavy atom. The minimum atomic E-state index is -1.12. The lowest BCUT2D eigenvalue weighted by atomic mass is 9.96. The summed E-state index contributed by atoms with van der Waals surface area (Å²) < 4.78 is 1.36. The number of nitrogens with zero attached hydrogens (tertiary/aromatic N) is 3. The number of anilines is 1. The summed E-state index contributed by atoms with van der Waals surface area (Å²) in [4.78, 5) is 32.1. The summed E-state index contributed by atoms with van der Waals surface area (Å²) in [5, 5.41) is 24.5. The van der Waals surface area contributed by atoms with E-state index < -0.39 is 11.7 Å². The zero-order valence-corrected chi connectivity index (χ0v) is 16.4. The van der Waals surface area contributed by atoms with E-state index in [4.69, 9.17) is 5.11 Å². The van der Waals surface area contributed by atoms with Crippen molar-refractivity contribution in [2.24, 2.45) is 7.05 Å². The standard InChI is InChI=1S/C20H23N5O4/c1-20(2,29)13-6-4-12(5-7-13)14-10-15-16(18(26)25(3)11-23-15)17(24-14)21-8-9-22-19(27)28/h4-7,10-11,22,29H,8-9H2,1-3H3,(H,21,24)(H,27,28). The number of benzene rings is 1. The molecular weight excluding hydrogens is 374 g/mol. The van der Waals surface area contributed by atoms with E-state index in [0.717, 1.165) is 11.1 Å². The third kappa shape index (κ3) is 4.52. The van der Waals surface area contributed by atoms with Crippen LogP contribution in [0.1, 0.15) is 19.4 Å². The molecule has 0 aliphatic heterocycles. The van der Waals surface area contributed by atoms with E-state index in [2.05, 4.69) is 20.6 Å². The van der Waals surface area contributed by atoms with Gasteiger partial charge in [0.15, 0.2) is 0 Å². The van der Waals surface area contributed by atoms with Crippen LogP contribution in [0.25, 0.3) is 22.2 Å². The minimum Gasteiger partial charge on any atom is -0.465 e. The van der Waals surface area contributed by atoms with Crippen molar-refractivity contribution in [3.05, 3.63) is 52.6 Å². The van der Waals surface area contributed by atoms with Gasteiger partial charge in [0.25, 0.3) is 5.56 Å². The highest BCUT2D eigenvalue weighted by Gasteiger charge is 2.17. The maximum absolute atomic E-state index is 12.6. The van der Waals surface area contributed by atoms with Crippen LogP contribution in [0.2, 0.25) is 0 Å². The molecule has 152 valence electrons. The number of carbonyl (C=O) groups is 1. The molecular formula is C20H23N5O4. The number of hydrogen-bond acceptors (Lipinski definition) is 6. The van der Waals surface area contributed by atoms with Crippen LogP contribution in [0.3, 0.4) is 0 Å². The second kappa shape index (κ2) is 7.88. The smallest absolute Gasteiger partial charge is 0.404 e. The highest BCUT2D eigenvalue weighted by Crippen LogP contribution is 2.27. The van der Waals surface area contributed by atoms with Gasteiger partial charge in [-0.05, 0) is 25.5 Å². The quantitative estimate of drug-likeness (QED) is 0.468. The molecule has 1 aromatic carbocycles. The number of rotatable bonds is 6. The molecule has 0 saturated carbocycles. The van der Waals surface area contributed by atoms with Crippen LogP contribution in [-0.4, -0.2) is 43.9 Å². The number of nitrogens with one attached hydrogen (secondary N) is 2. The Kier molecular flexibility index (Phi) is 5.51. The number of hydrogen-bond donors (Lipinski definition) is 4. The number of fused-ring (bicyclic) bond motifs is 1. The Balaban J connectivity index is 2.03. The SMILES string of the molecule is Cn1cnc2cc(-c3ccc(C(C)(C)O)cc3)nc(NCCNC(=O)O)c2c1=O. The normalized spacial score (nSPS) is 11.4. The van der Waals surface area contributed by atoms with Crippen molar-refractivity contribution < 1.29 is 15.0 Å². The molecule has 0 aliphatic rings. The summed E-state index contributed by atoms with van der Waals surface area (Å²) in [5.41, 5.74) is 1.46. The fourth-order valence-electron chi connectivity index (χ4n) is 2.90. The molecule has 3 aromatic rings. The van der Waals surface area contributed by atoms with Crippen LogP contribution >= 0.6 is 0 Å². The van der Waals surface area contributed by atoms with Gasteiger partial charge in [-0.1, -0.05) is 24.3 Å². The molecule has 0 spiro atoms. The summed E-state index contributed by atoms with van der Waals surface area (Å²) in [5.74, 6) is 0.338. The van der Waals surface area contributed by atoms with Gasteiger partial charge < -0.3 is 25.4 Å². The van der Waals surface area contributed by atoms with Crippen molar-refractivity contribution in [2.45, 2.75) is 19.4 Å². The molecule has 0 aliphatic carbocycles. The first-order chi connectivity index (χ1) is 13.7. The summed E-state index contributed by atoms with van der Waals surface area (Å²) >= 11 is 0. The molecule has 2 aromatic heterocycles. The van der Waals surface area contributed by atoms with Gasteiger partial charge >= 0.3 is 6.09 Å². The molecule has 9 heteroatoms. The monoisotopic (exact) mass is 397 g/mol. The predicted molar refractivity (Wildman–Crippen MR) is 110 cm³/mol. The van der Waals surface area contributed by atoms with Crippen molar-refractivity contribution in [1.82, 2.24) is 19.9 Å². The van der Waals surface area contributed by atoms with Gasteiger partial charge in [0.05, 0.1) is 23.1 Å². The van der Waals surface area contributed by atoms with E-state index in [-0.39, 0.29) is 18.6 Å². The predicted octanol–water partition coefficient (Wildman–Crippen LogP) is 1.90. The number of aliphatic hydroxyl groups is 1. The van der Waals surface area contributed by atoms with Gasteiger partial charge in [0.2, 0.25) is 0 Å². The van der Waals surface area contributed by atoms with E-state index in [0.29, 0.717) is 22.4 Å². The maximum Gasteiger partial charge on any atom is 0.404 e. The molecule has 0 unspecified atom stereocenters. The van der Waals surface area contributed by atoms with Crippen LogP contribution in [0.4, 0.5) is 10.6 Å². The van der Waals surface area contributed by atoms with Crippen LogP contribution in [-0.2, 0) is 12.6 Å². The van der Waals surface area contributed by atoms with Crippen LogP contribution in [0.15, 0.2) is 41.5 Å². The van der Waals surface area contributed by atoms with E-state index in [1.165, 1.54) is 10.9 Å². The lowest BCUT2D eigenvalue weighted by Gasteiger charge is -2.18. The molecule has 0 atom stereocenters. The highest BCUT2D eigenvalue weighted by molar-refractivity contribution is 5.91. The van der Waals surface area contributed by atoms with Crippen molar-refractivity contribution in [3.63, 3.8) is 0 Å². The zero-order chi connectivity index (χ0) is 21.2. The number of amides is 1. The Hall–Kier alpha value is -3.46. The fourth-order valence-corrected chi connectivity index (χ4v) is 2.90. The van der Waals surface area contributed by atoms with E-state index in [1.54, 1.807) is 27.0 Å². The van der Waals surface area contributed by atoms with Gasteiger partial charge in [-0.2, -0.15) is 0 Å². The summed E-state index contributed by atoms with van der Waals surface area (Å²) in [7, 11) is 1.60. The number of carboxylic acid groups (broad SMARTS) is 1. The Morgan fingerprint density at radius 2 is 1.90 bits per heavy atom.